The van der Waals surface area contributed by atoms with Gasteiger partial charge in [-0.25, -0.2) is 0 Å². The van der Waals surface area contributed by atoms with Crippen molar-refractivity contribution in [1.29, 1.82) is 0 Å². The highest BCUT2D eigenvalue weighted by molar-refractivity contribution is 7.99. The second kappa shape index (κ2) is 7.62. The van der Waals surface area contributed by atoms with Crippen LogP contribution in [-0.2, 0) is 4.79 Å². The fourth-order valence-electron chi connectivity index (χ4n) is 2.46. The summed E-state index contributed by atoms with van der Waals surface area (Å²) in [6.45, 7) is 4.30. The molecule has 0 aromatic heterocycles. The standard InChI is InChI=1S/C13H24N4OS/c14-13(17-8-10-19-11-9-17)15-5-4-12(18)16-6-2-1-3-7-16/h1-11H2,(H2,14,15). The Morgan fingerprint density at radius 3 is 2.42 bits per heavy atom. The Balaban J connectivity index is 1.70. The average Bonchev–Trinajstić information content (AvgIpc) is 2.49. The third-order valence-corrected chi connectivity index (χ3v) is 4.59. The van der Waals surface area contributed by atoms with E-state index in [1.807, 2.05) is 16.7 Å². The number of nitrogens with two attached hydrogens (primary N) is 1. The fourth-order valence-corrected chi connectivity index (χ4v) is 3.36. The molecule has 2 heterocycles. The van der Waals surface area contributed by atoms with Crippen LogP contribution in [0.4, 0.5) is 0 Å². The maximum atomic E-state index is 12.0. The van der Waals surface area contributed by atoms with Gasteiger partial charge in [-0.2, -0.15) is 11.8 Å². The third-order valence-electron chi connectivity index (χ3n) is 3.64. The minimum atomic E-state index is 0.227. The molecule has 1 amide bonds. The van der Waals surface area contributed by atoms with Gasteiger partial charge in [0, 0.05) is 44.1 Å². The van der Waals surface area contributed by atoms with Crippen LogP contribution in [0.25, 0.3) is 0 Å². The lowest BCUT2D eigenvalue weighted by Gasteiger charge is -2.28. The first-order chi connectivity index (χ1) is 9.27. The number of rotatable bonds is 3. The van der Waals surface area contributed by atoms with Crippen LogP contribution in [0.5, 0.6) is 0 Å². The van der Waals surface area contributed by atoms with Gasteiger partial charge in [-0.05, 0) is 19.3 Å². The molecule has 0 radical (unpaired) electrons. The van der Waals surface area contributed by atoms with Crippen molar-refractivity contribution in [3.05, 3.63) is 0 Å². The van der Waals surface area contributed by atoms with Gasteiger partial charge in [0.25, 0.3) is 0 Å². The zero-order valence-electron chi connectivity index (χ0n) is 11.5. The maximum Gasteiger partial charge on any atom is 0.224 e. The maximum absolute atomic E-state index is 12.0. The molecule has 0 aliphatic carbocycles. The molecular weight excluding hydrogens is 260 g/mol. The summed E-state index contributed by atoms with van der Waals surface area (Å²) in [5.41, 5.74) is 5.95. The van der Waals surface area contributed by atoms with Crippen molar-refractivity contribution in [2.45, 2.75) is 25.7 Å². The molecule has 19 heavy (non-hydrogen) atoms. The molecular formula is C13H24N4OS. The van der Waals surface area contributed by atoms with Crippen molar-refractivity contribution >= 4 is 23.6 Å². The molecule has 0 unspecified atom stereocenters. The largest absolute Gasteiger partial charge is 0.370 e. The van der Waals surface area contributed by atoms with Crippen LogP contribution in [0.2, 0.25) is 0 Å². The van der Waals surface area contributed by atoms with Gasteiger partial charge < -0.3 is 15.5 Å². The lowest BCUT2D eigenvalue weighted by molar-refractivity contribution is -0.131. The fraction of sp³-hybridized carbons (Fsp3) is 0.846. The highest BCUT2D eigenvalue weighted by Gasteiger charge is 2.16. The molecule has 0 saturated carbocycles. The van der Waals surface area contributed by atoms with E-state index in [-0.39, 0.29) is 5.91 Å². The van der Waals surface area contributed by atoms with Crippen molar-refractivity contribution in [1.82, 2.24) is 9.80 Å². The molecule has 0 spiro atoms. The molecule has 2 aliphatic heterocycles. The Kier molecular flexibility index (Phi) is 5.82. The summed E-state index contributed by atoms with van der Waals surface area (Å²) in [7, 11) is 0. The Bertz CT molecular complexity index is 323. The molecule has 2 aliphatic rings. The molecule has 6 heteroatoms. The van der Waals surface area contributed by atoms with Gasteiger partial charge in [0.2, 0.25) is 5.91 Å². The summed E-state index contributed by atoms with van der Waals surface area (Å²) >= 11 is 1.95. The van der Waals surface area contributed by atoms with Gasteiger partial charge in [-0.3, -0.25) is 9.79 Å². The highest BCUT2D eigenvalue weighted by atomic mass is 32.2. The number of hydrogen-bond acceptors (Lipinski definition) is 3. The minimum Gasteiger partial charge on any atom is -0.370 e. The summed E-state index contributed by atoms with van der Waals surface area (Å²) in [5, 5.41) is 0. The van der Waals surface area contributed by atoms with Crippen LogP contribution in [0, 0.1) is 0 Å². The lowest BCUT2D eigenvalue weighted by Crippen LogP contribution is -2.43. The van der Waals surface area contributed by atoms with Gasteiger partial charge in [0.05, 0.1) is 6.54 Å². The van der Waals surface area contributed by atoms with Gasteiger partial charge >= 0.3 is 0 Å². The van der Waals surface area contributed by atoms with Gasteiger partial charge in [0.1, 0.15) is 0 Å². The number of carbonyl (C=O) groups is 1. The molecule has 2 fully saturated rings. The first-order valence-corrected chi connectivity index (χ1v) is 8.33. The molecule has 2 saturated heterocycles. The zero-order valence-corrected chi connectivity index (χ0v) is 12.3. The lowest BCUT2D eigenvalue weighted by atomic mass is 10.1. The molecule has 0 atom stereocenters. The van der Waals surface area contributed by atoms with Gasteiger partial charge in [-0.1, -0.05) is 0 Å². The van der Waals surface area contributed by atoms with Crippen LogP contribution in [0.1, 0.15) is 25.7 Å². The topological polar surface area (TPSA) is 61.9 Å². The summed E-state index contributed by atoms with van der Waals surface area (Å²) < 4.78 is 0. The number of carbonyl (C=O) groups excluding carboxylic acids is 1. The van der Waals surface area contributed by atoms with Crippen molar-refractivity contribution < 1.29 is 4.79 Å². The summed E-state index contributed by atoms with van der Waals surface area (Å²) in [4.78, 5) is 20.4. The molecule has 2 rings (SSSR count). The van der Waals surface area contributed by atoms with Crippen LogP contribution in [-0.4, -0.2) is 65.9 Å². The third kappa shape index (κ3) is 4.60. The Hall–Kier alpha value is -0.910. The van der Waals surface area contributed by atoms with Crippen LogP contribution < -0.4 is 5.73 Å². The number of likely N-dealkylation sites (tertiary alicyclic amines) is 1. The van der Waals surface area contributed by atoms with E-state index in [9.17, 15) is 4.79 Å². The van der Waals surface area contributed by atoms with E-state index in [2.05, 4.69) is 9.89 Å². The second-order valence-electron chi connectivity index (χ2n) is 5.03. The van der Waals surface area contributed by atoms with E-state index in [1.165, 1.54) is 6.42 Å². The average molecular weight is 284 g/mol. The van der Waals surface area contributed by atoms with E-state index in [4.69, 9.17) is 5.73 Å². The number of guanidine groups is 1. The molecule has 5 nitrogen and oxygen atoms in total. The highest BCUT2D eigenvalue weighted by Crippen LogP contribution is 2.10. The number of thioether (sulfide) groups is 1. The smallest absolute Gasteiger partial charge is 0.224 e. The van der Waals surface area contributed by atoms with Crippen molar-refractivity contribution in [3.63, 3.8) is 0 Å². The minimum absolute atomic E-state index is 0.227. The van der Waals surface area contributed by atoms with Crippen LogP contribution >= 0.6 is 11.8 Å². The number of aliphatic imine (C=N–C) groups is 1. The van der Waals surface area contributed by atoms with Crippen molar-refractivity contribution in [2.75, 3.05) is 44.2 Å². The van der Waals surface area contributed by atoms with Crippen molar-refractivity contribution in [2.24, 2.45) is 10.7 Å². The van der Waals surface area contributed by atoms with Gasteiger partial charge in [0.15, 0.2) is 5.96 Å². The van der Waals surface area contributed by atoms with E-state index in [0.29, 0.717) is 18.9 Å². The summed E-state index contributed by atoms with van der Waals surface area (Å²) in [5.74, 6) is 3.06. The van der Waals surface area contributed by atoms with E-state index in [1.54, 1.807) is 0 Å². The molecule has 2 N–H and O–H groups in total. The first-order valence-electron chi connectivity index (χ1n) is 7.18. The Morgan fingerprint density at radius 2 is 1.74 bits per heavy atom. The monoisotopic (exact) mass is 284 g/mol. The molecule has 0 aromatic carbocycles. The quantitative estimate of drug-likeness (QED) is 0.614. The number of hydrogen-bond donors (Lipinski definition) is 1. The summed E-state index contributed by atoms with van der Waals surface area (Å²) in [6.07, 6.45) is 4.02. The second-order valence-corrected chi connectivity index (χ2v) is 6.26. The predicted octanol–water partition coefficient (Wildman–Crippen LogP) is 0.752. The Labute approximate surface area is 119 Å². The molecule has 108 valence electrons. The zero-order chi connectivity index (χ0) is 13.5. The van der Waals surface area contributed by atoms with Crippen molar-refractivity contribution in [3.8, 4) is 0 Å². The summed E-state index contributed by atoms with van der Waals surface area (Å²) in [6, 6.07) is 0. The van der Waals surface area contributed by atoms with E-state index < -0.39 is 0 Å². The van der Waals surface area contributed by atoms with Gasteiger partial charge in [-0.15, -0.1) is 0 Å². The Morgan fingerprint density at radius 1 is 1.05 bits per heavy atom. The molecule has 0 bridgehead atoms. The van der Waals surface area contributed by atoms with Crippen LogP contribution in [0.15, 0.2) is 4.99 Å². The normalized spacial score (nSPS) is 21.6. The SMILES string of the molecule is NC(=NCCC(=O)N1CCCCC1)N1CCSCC1. The molecule has 0 aromatic rings. The van der Waals surface area contributed by atoms with E-state index >= 15 is 0 Å². The first kappa shape index (κ1) is 14.5. The number of piperidine rings is 1. The number of amides is 1. The predicted molar refractivity (Wildman–Crippen MR) is 80.4 cm³/mol. The number of nitrogens with zero attached hydrogens (tertiary/aromatic N) is 3. The van der Waals surface area contributed by atoms with E-state index in [0.717, 1.165) is 50.5 Å². The van der Waals surface area contributed by atoms with Crippen LogP contribution in [0.3, 0.4) is 0 Å².